The number of amides is 1. The standard InChI is InChI=1S/C20H15N3O6/c1-12-2-3-13(8-16(12)23(25)26)17-7-5-15(29-17)10-21-22-20(24)14-4-6-18-19(9-14)28-11-27-18/h2-10H,11H2,1H3,(H,22,24)/b21-10-. The average Bonchev–Trinajstić information content (AvgIpc) is 3.36. The smallest absolute Gasteiger partial charge is 0.273 e. The van der Waals surface area contributed by atoms with Gasteiger partial charge in [0, 0.05) is 22.8 Å². The number of nitro groups is 1. The Morgan fingerprint density at radius 3 is 2.79 bits per heavy atom. The van der Waals surface area contributed by atoms with Crippen LogP contribution in [0.4, 0.5) is 5.69 Å². The van der Waals surface area contributed by atoms with E-state index >= 15 is 0 Å². The summed E-state index contributed by atoms with van der Waals surface area (Å²) in [5.41, 5.74) is 3.94. The lowest BCUT2D eigenvalue weighted by atomic mass is 10.1. The molecule has 9 nitrogen and oxygen atoms in total. The number of hydrazone groups is 1. The van der Waals surface area contributed by atoms with E-state index in [9.17, 15) is 14.9 Å². The number of nitro benzene ring substituents is 1. The van der Waals surface area contributed by atoms with Gasteiger partial charge < -0.3 is 13.9 Å². The second-order valence-corrected chi connectivity index (χ2v) is 6.23. The van der Waals surface area contributed by atoms with Crippen molar-refractivity contribution in [3.63, 3.8) is 0 Å². The van der Waals surface area contributed by atoms with Crippen LogP contribution in [0.25, 0.3) is 11.3 Å². The van der Waals surface area contributed by atoms with E-state index in [1.165, 1.54) is 12.3 Å². The van der Waals surface area contributed by atoms with Crippen LogP contribution in [0.15, 0.2) is 58.0 Å². The average molecular weight is 393 g/mol. The number of fused-ring (bicyclic) bond motifs is 1. The molecule has 146 valence electrons. The van der Waals surface area contributed by atoms with E-state index in [4.69, 9.17) is 13.9 Å². The first kappa shape index (κ1) is 18.2. The van der Waals surface area contributed by atoms with Crippen molar-refractivity contribution in [2.75, 3.05) is 6.79 Å². The predicted molar refractivity (Wildman–Crippen MR) is 103 cm³/mol. The second kappa shape index (κ2) is 7.47. The highest BCUT2D eigenvalue weighted by Crippen LogP contribution is 2.32. The summed E-state index contributed by atoms with van der Waals surface area (Å²) >= 11 is 0. The molecule has 0 saturated heterocycles. The third-order valence-corrected chi connectivity index (χ3v) is 4.31. The lowest BCUT2D eigenvalue weighted by molar-refractivity contribution is -0.385. The Morgan fingerprint density at radius 1 is 1.14 bits per heavy atom. The molecule has 0 radical (unpaired) electrons. The maximum Gasteiger partial charge on any atom is 0.273 e. The van der Waals surface area contributed by atoms with E-state index < -0.39 is 10.8 Å². The number of hydrogen-bond donors (Lipinski definition) is 1. The van der Waals surface area contributed by atoms with Gasteiger partial charge in [0.25, 0.3) is 11.6 Å². The summed E-state index contributed by atoms with van der Waals surface area (Å²) in [6.07, 6.45) is 1.34. The minimum atomic E-state index is -0.435. The molecule has 1 aliphatic heterocycles. The molecule has 0 saturated carbocycles. The van der Waals surface area contributed by atoms with Crippen molar-refractivity contribution in [3.8, 4) is 22.8 Å². The molecule has 1 N–H and O–H groups in total. The molecular weight excluding hydrogens is 378 g/mol. The van der Waals surface area contributed by atoms with Crippen molar-refractivity contribution in [2.45, 2.75) is 6.92 Å². The van der Waals surface area contributed by atoms with E-state index in [2.05, 4.69) is 10.5 Å². The summed E-state index contributed by atoms with van der Waals surface area (Å²) in [6, 6.07) is 13.0. The SMILES string of the molecule is Cc1ccc(-c2ccc(/C=N\NC(=O)c3ccc4c(c3)OCO4)o2)cc1[N+](=O)[O-]. The maximum absolute atomic E-state index is 12.2. The summed E-state index contributed by atoms with van der Waals surface area (Å²) in [5, 5.41) is 15.0. The van der Waals surface area contributed by atoms with E-state index in [0.29, 0.717) is 39.7 Å². The number of carbonyl (C=O) groups excluding carboxylic acids is 1. The molecule has 29 heavy (non-hydrogen) atoms. The molecule has 0 spiro atoms. The molecule has 0 bridgehead atoms. The number of ether oxygens (including phenoxy) is 2. The number of carbonyl (C=O) groups is 1. The number of nitrogens with one attached hydrogen (secondary N) is 1. The van der Waals surface area contributed by atoms with Crippen LogP contribution in [0.1, 0.15) is 21.7 Å². The highest BCUT2D eigenvalue weighted by atomic mass is 16.7. The summed E-state index contributed by atoms with van der Waals surface area (Å²) in [6.45, 7) is 1.80. The minimum absolute atomic E-state index is 0.0186. The van der Waals surface area contributed by atoms with Gasteiger partial charge in [-0.05, 0) is 37.3 Å². The number of furan rings is 1. The van der Waals surface area contributed by atoms with Crippen molar-refractivity contribution in [3.05, 3.63) is 75.5 Å². The molecule has 0 atom stereocenters. The van der Waals surface area contributed by atoms with Crippen LogP contribution in [0.3, 0.4) is 0 Å². The monoisotopic (exact) mass is 393 g/mol. The zero-order chi connectivity index (χ0) is 20.4. The van der Waals surface area contributed by atoms with Gasteiger partial charge in [0.1, 0.15) is 11.5 Å². The van der Waals surface area contributed by atoms with E-state index in [-0.39, 0.29) is 12.5 Å². The molecule has 0 aliphatic carbocycles. The fourth-order valence-corrected chi connectivity index (χ4v) is 2.79. The van der Waals surface area contributed by atoms with Gasteiger partial charge in [-0.1, -0.05) is 12.1 Å². The van der Waals surface area contributed by atoms with Crippen molar-refractivity contribution < 1.29 is 23.6 Å². The number of hydrogen-bond acceptors (Lipinski definition) is 7. The van der Waals surface area contributed by atoms with Crippen LogP contribution in [0, 0.1) is 17.0 Å². The zero-order valence-corrected chi connectivity index (χ0v) is 15.2. The lowest BCUT2D eigenvalue weighted by Gasteiger charge is -2.01. The second-order valence-electron chi connectivity index (χ2n) is 6.23. The van der Waals surface area contributed by atoms with E-state index in [1.807, 2.05) is 0 Å². The van der Waals surface area contributed by atoms with Crippen molar-refractivity contribution in [1.29, 1.82) is 0 Å². The van der Waals surface area contributed by atoms with Crippen LogP contribution in [0.2, 0.25) is 0 Å². The highest BCUT2D eigenvalue weighted by molar-refractivity contribution is 5.95. The Kier molecular flexibility index (Phi) is 4.70. The van der Waals surface area contributed by atoms with Crippen LogP contribution in [0.5, 0.6) is 11.5 Å². The van der Waals surface area contributed by atoms with Crippen LogP contribution < -0.4 is 14.9 Å². The molecule has 2 heterocycles. The Labute approximate surface area is 164 Å². The molecule has 1 aliphatic rings. The molecule has 2 aromatic carbocycles. The van der Waals surface area contributed by atoms with Crippen LogP contribution in [-0.2, 0) is 0 Å². The van der Waals surface area contributed by atoms with Crippen LogP contribution in [-0.4, -0.2) is 23.8 Å². The number of nitrogens with zero attached hydrogens (tertiary/aromatic N) is 2. The number of rotatable bonds is 5. The summed E-state index contributed by atoms with van der Waals surface area (Å²) in [5.74, 6) is 1.51. The topological polar surface area (TPSA) is 116 Å². The number of benzene rings is 2. The summed E-state index contributed by atoms with van der Waals surface area (Å²) in [7, 11) is 0. The highest BCUT2D eigenvalue weighted by Gasteiger charge is 2.16. The summed E-state index contributed by atoms with van der Waals surface area (Å²) in [4.78, 5) is 22.8. The van der Waals surface area contributed by atoms with Gasteiger partial charge in [-0.3, -0.25) is 14.9 Å². The Bertz CT molecular complexity index is 1130. The lowest BCUT2D eigenvalue weighted by Crippen LogP contribution is -2.17. The number of aryl methyl sites for hydroxylation is 1. The first-order valence-corrected chi connectivity index (χ1v) is 8.59. The van der Waals surface area contributed by atoms with Gasteiger partial charge in [-0.2, -0.15) is 5.10 Å². The Balaban J connectivity index is 1.44. The van der Waals surface area contributed by atoms with Gasteiger partial charge in [0.05, 0.1) is 11.1 Å². The van der Waals surface area contributed by atoms with E-state index in [0.717, 1.165) is 0 Å². The molecular formula is C20H15N3O6. The largest absolute Gasteiger partial charge is 0.455 e. The third-order valence-electron chi connectivity index (χ3n) is 4.31. The molecule has 1 aromatic heterocycles. The maximum atomic E-state index is 12.2. The quantitative estimate of drug-likeness (QED) is 0.402. The minimum Gasteiger partial charge on any atom is -0.455 e. The molecule has 3 aromatic rings. The van der Waals surface area contributed by atoms with Crippen molar-refractivity contribution >= 4 is 17.8 Å². The van der Waals surface area contributed by atoms with E-state index in [1.54, 1.807) is 49.4 Å². The Hall–Kier alpha value is -4.14. The molecule has 4 rings (SSSR count). The zero-order valence-electron chi connectivity index (χ0n) is 15.2. The first-order valence-electron chi connectivity index (χ1n) is 8.59. The summed E-state index contributed by atoms with van der Waals surface area (Å²) < 4.78 is 16.1. The van der Waals surface area contributed by atoms with Gasteiger partial charge >= 0.3 is 0 Å². The fourth-order valence-electron chi connectivity index (χ4n) is 2.79. The fraction of sp³-hybridized carbons (Fsp3) is 0.100. The molecule has 0 fully saturated rings. The Morgan fingerprint density at radius 2 is 1.97 bits per heavy atom. The predicted octanol–water partition coefficient (Wildman–Crippen LogP) is 3.66. The normalized spacial score (nSPS) is 12.3. The van der Waals surface area contributed by atoms with Gasteiger partial charge in [-0.15, -0.1) is 0 Å². The van der Waals surface area contributed by atoms with Crippen LogP contribution >= 0.6 is 0 Å². The van der Waals surface area contributed by atoms with Crippen molar-refractivity contribution in [2.24, 2.45) is 5.10 Å². The van der Waals surface area contributed by atoms with Gasteiger partial charge in [0.15, 0.2) is 11.5 Å². The van der Waals surface area contributed by atoms with Gasteiger partial charge in [-0.25, -0.2) is 5.43 Å². The third kappa shape index (κ3) is 3.79. The molecule has 9 heteroatoms. The van der Waals surface area contributed by atoms with Crippen molar-refractivity contribution in [1.82, 2.24) is 5.43 Å². The first-order chi connectivity index (χ1) is 14.0. The van der Waals surface area contributed by atoms with Gasteiger partial charge in [0.2, 0.25) is 6.79 Å². The molecule has 1 amide bonds. The molecule has 0 unspecified atom stereocenters.